The number of likely N-dealkylation sites (tertiary alicyclic amines) is 1. The van der Waals surface area contributed by atoms with Crippen LogP contribution < -0.4 is 5.56 Å². The van der Waals surface area contributed by atoms with Crippen molar-refractivity contribution in [3.05, 3.63) is 64.6 Å². The number of amides is 1. The fraction of sp³-hybridized carbons (Fsp3) is 0.391. The van der Waals surface area contributed by atoms with Gasteiger partial charge < -0.3 is 18.8 Å². The first-order valence-electron chi connectivity index (χ1n) is 10.9. The number of esters is 1. The lowest BCUT2D eigenvalue weighted by atomic mass is 9.97. The molecule has 186 valence electrons. The van der Waals surface area contributed by atoms with Crippen LogP contribution in [0.1, 0.15) is 24.4 Å². The van der Waals surface area contributed by atoms with Gasteiger partial charge in [-0.15, -0.1) is 0 Å². The van der Waals surface area contributed by atoms with Crippen LogP contribution in [-0.2, 0) is 27.4 Å². The molecule has 1 aliphatic rings. The van der Waals surface area contributed by atoms with Crippen molar-refractivity contribution in [2.24, 2.45) is 5.92 Å². The molecule has 3 heterocycles. The minimum atomic E-state index is -4.60. The van der Waals surface area contributed by atoms with Gasteiger partial charge in [0.15, 0.2) is 12.4 Å². The second-order valence-corrected chi connectivity index (χ2v) is 8.05. The first kappa shape index (κ1) is 24.3. The van der Waals surface area contributed by atoms with E-state index in [1.54, 1.807) is 36.4 Å². The van der Waals surface area contributed by atoms with Crippen molar-refractivity contribution in [2.45, 2.75) is 32.2 Å². The predicted molar refractivity (Wildman–Crippen MR) is 115 cm³/mol. The summed E-state index contributed by atoms with van der Waals surface area (Å²) in [7, 11) is 0. The summed E-state index contributed by atoms with van der Waals surface area (Å²) in [5.41, 5.74) is 0.161. The molecule has 0 saturated carbocycles. The maximum Gasteiger partial charge on any atom is 0.422 e. The van der Waals surface area contributed by atoms with Crippen LogP contribution in [-0.4, -0.2) is 52.4 Å². The van der Waals surface area contributed by atoms with Crippen molar-refractivity contribution in [1.29, 1.82) is 0 Å². The number of furan rings is 1. The number of hydrogen-bond acceptors (Lipinski definition) is 7. The molecule has 1 aliphatic heterocycles. The Hall–Kier alpha value is -3.83. The molecule has 9 nitrogen and oxygen atoms in total. The zero-order valence-electron chi connectivity index (χ0n) is 18.5. The molecule has 0 spiro atoms. The van der Waals surface area contributed by atoms with E-state index in [0.29, 0.717) is 16.7 Å². The quantitative estimate of drug-likeness (QED) is 0.484. The van der Waals surface area contributed by atoms with Gasteiger partial charge in [0.2, 0.25) is 0 Å². The Morgan fingerprint density at radius 3 is 2.51 bits per heavy atom. The number of para-hydroxylation sites is 1. The highest BCUT2D eigenvalue weighted by Gasteiger charge is 2.33. The van der Waals surface area contributed by atoms with Crippen LogP contribution in [0.5, 0.6) is 0 Å². The van der Waals surface area contributed by atoms with Gasteiger partial charge in [-0.05, 0) is 37.1 Å². The lowest BCUT2D eigenvalue weighted by Crippen LogP contribution is -2.41. The van der Waals surface area contributed by atoms with Crippen LogP contribution in [0.15, 0.2) is 51.9 Å². The molecule has 0 bridgehead atoms. The molecule has 1 amide bonds. The first-order valence-corrected chi connectivity index (χ1v) is 10.9. The number of rotatable bonds is 6. The average Bonchev–Trinajstić information content (AvgIpc) is 3.36. The average molecular weight is 493 g/mol. The summed E-state index contributed by atoms with van der Waals surface area (Å²) in [6, 6.07) is 10.2. The second-order valence-electron chi connectivity index (χ2n) is 8.05. The number of carbonyl (C=O) groups excluding carboxylic acids is 2. The highest BCUT2D eigenvalue weighted by Crippen LogP contribution is 2.21. The van der Waals surface area contributed by atoms with Gasteiger partial charge in [-0.2, -0.15) is 13.2 Å². The summed E-state index contributed by atoms with van der Waals surface area (Å²) in [4.78, 5) is 43.1. The van der Waals surface area contributed by atoms with Crippen LogP contribution in [0.4, 0.5) is 18.0 Å². The zero-order chi connectivity index (χ0) is 25.0. The van der Waals surface area contributed by atoms with E-state index in [0.717, 1.165) is 4.90 Å². The van der Waals surface area contributed by atoms with E-state index in [-0.39, 0.29) is 50.5 Å². The molecule has 3 aromatic rings. The zero-order valence-corrected chi connectivity index (χ0v) is 18.5. The molecule has 2 aromatic heterocycles. The van der Waals surface area contributed by atoms with E-state index < -0.39 is 30.8 Å². The Morgan fingerprint density at radius 1 is 1.09 bits per heavy atom. The first-order chi connectivity index (χ1) is 16.7. The maximum atomic E-state index is 13.1. The third-order valence-corrected chi connectivity index (χ3v) is 5.62. The molecule has 12 heteroatoms. The number of alkyl halides is 3. The number of piperidine rings is 1. The number of ether oxygens (including phenoxy) is 2. The third-order valence-electron chi connectivity index (χ3n) is 5.62. The van der Waals surface area contributed by atoms with Gasteiger partial charge in [-0.25, -0.2) is 9.78 Å². The van der Waals surface area contributed by atoms with E-state index in [4.69, 9.17) is 9.15 Å². The van der Waals surface area contributed by atoms with Crippen molar-refractivity contribution in [2.75, 3.05) is 19.7 Å². The normalized spacial score (nSPS) is 14.8. The molecule has 4 rings (SSSR count). The number of fused-ring (bicyclic) bond motifs is 1. The molecule has 0 atom stereocenters. The third kappa shape index (κ3) is 6.00. The van der Waals surface area contributed by atoms with E-state index in [2.05, 4.69) is 9.72 Å². The van der Waals surface area contributed by atoms with Gasteiger partial charge in [-0.3, -0.25) is 14.2 Å². The SMILES string of the molecule is O=C(OCc1nc2ccccc2c(=O)n1Cc1ccco1)C1CCN(C(=O)OCC(F)(F)F)CC1. The lowest BCUT2D eigenvalue weighted by molar-refractivity contribution is -0.163. The maximum absolute atomic E-state index is 13.1. The van der Waals surface area contributed by atoms with Crippen molar-refractivity contribution in [3.8, 4) is 0 Å². The summed E-state index contributed by atoms with van der Waals surface area (Å²) in [5, 5.41) is 0.416. The summed E-state index contributed by atoms with van der Waals surface area (Å²) < 4.78 is 53.1. The van der Waals surface area contributed by atoms with Crippen molar-refractivity contribution in [1.82, 2.24) is 14.5 Å². The summed E-state index contributed by atoms with van der Waals surface area (Å²) >= 11 is 0. The lowest BCUT2D eigenvalue weighted by Gasteiger charge is -2.30. The fourth-order valence-electron chi connectivity index (χ4n) is 3.83. The van der Waals surface area contributed by atoms with Gasteiger partial charge >= 0.3 is 18.2 Å². The Kier molecular flexibility index (Phi) is 7.08. The molecule has 1 aromatic carbocycles. The summed E-state index contributed by atoms with van der Waals surface area (Å²) in [5.74, 6) is -0.319. The van der Waals surface area contributed by atoms with E-state index >= 15 is 0 Å². The second kappa shape index (κ2) is 10.2. The van der Waals surface area contributed by atoms with Crippen molar-refractivity contribution in [3.63, 3.8) is 0 Å². The Labute approximate surface area is 197 Å². The van der Waals surface area contributed by atoms with Gasteiger partial charge in [-0.1, -0.05) is 12.1 Å². The van der Waals surface area contributed by atoms with Gasteiger partial charge in [0.25, 0.3) is 5.56 Å². The van der Waals surface area contributed by atoms with Crippen molar-refractivity contribution >= 4 is 23.0 Å². The Balaban J connectivity index is 1.40. The van der Waals surface area contributed by atoms with Crippen LogP contribution in [0, 0.1) is 5.92 Å². The van der Waals surface area contributed by atoms with E-state index in [1.165, 1.54) is 10.8 Å². The highest BCUT2D eigenvalue weighted by molar-refractivity contribution is 5.77. The van der Waals surface area contributed by atoms with Gasteiger partial charge in [0.05, 0.1) is 29.6 Å². The molecular weight excluding hydrogens is 471 g/mol. The predicted octanol–water partition coefficient (Wildman–Crippen LogP) is 3.49. The minimum absolute atomic E-state index is 0.0634. The molecular formula is C23H22F3N3O6. The Morgan fingerprint density at radius 2 is 1.83 bits per heavy atom. The minimum Gasteiger partial charge on any atom is -0.467 e. The molecule has 0 unspecified atom stereocenters. The number of halogens is 3. The van der Waals surface area contributed by atoms with Crippen LogP contribution in [0.2, 0.25) is 0 Å². The number of carbonyl (C=O) groups is 2. The molecule has 0 aliphatic carbocycles. The number of benzene rings is 1. The highest BCUT2D eigenvalue weighted by atomic mass is 19.4. The monoisotopic (exact) mass is 493 g/mol. The van der Waals surface area contributed by atoms with Gasteiger partial charge in [0.1, 0.15) is 12.4 Å². The molecule has 1 saturated heterocycles. The smallest absolute Gasteiger partial charge is 0.422 e. The van der Waals surface area contributed by atoms with Crippen LogP contribution >= 0.6 is 0 Å². The summed E-state index contributed by atoms with van der Waals surface area (Å²) in [6.45, 7) is -1.68. The van der Waals surface area contributed by atoms with Crippen LogP contribution in [0.3, 0.4) is 0 Å². The standard InChI is InChI=1S/C23H22F3N3O6/c24-23(25,26)14-35-22(32)28-9-7-15(8-10-28)21(31)34-13-19-27-18-6-2-1-5-17(18)20(30)29(19)12-16-4-3-11-33-16/h1-6,11,15H,7-10,12-14H2. The van der Waals surface area contributed by atoms with E-state index in [9.17, 15) is 27.6 Å². The van der Waals surface area contributed by atoms with Crippen LogP contribution in [0.25, 0.3) is 10.9 Å². The largest absolute Gasteiger partial charge is 0.467 e. The summed E-state index contributed by atoms with van der Waals surface area (Å²) in [6.07, 6.45) is -3.77. The molecule has 0 radical (unpaired) electrons. The molecule has 35 heavy (non-hydrogen) atoms. The molecule has 0 N–H and O–H groups in total. The number of hydrogen-bond donors (Lipinski definition) is 0. The van der Waals surface area contributed by atoms with Crippen molar-refractivity contribution < 1.29 is 36.7 Å². The molecule has 1 fully saturated rings. The van der Waals surface area contributed by atoms with Gasteiger partial charge in [0, 0.05) is 13.1 Å². The number of nitrogens with zero attached hydrogens (tertiary/aromatic N) is 3. The fourth-order valence-corrected chi connectivity index (χ4v) is 3.83. The number of aromatic nitrogens is 2. The topological polar surface area (TPSA) is 104 Å². The van der Waals surface area contributed by atoms with E-state index in [1.807, 2.05) is 0 Å². The Bertz CT molecular complexity index is 1250.